The first-order valence-electron chi connectivity index (χ1n) is 20.3. The van der Waals surface area contributed by atoms with E-state index < -0.39 is 16.6 Å². The van der Waals surface area contributed by atoms with Crippen LogP contribution in [-0.2, 0) is 22.1 Å². The number of rotatable bonds is 16. The van der Waals surface area contributed by atoms with E-state index in [4.69, 9.17) is 21.1 Å². The first kappa shape index (κ1) is 42.8. The Labute approximate surface area is 333 Å². The van der Waals surface area contributed by atoms with Gasteiger partial charge in [-0.2, -0.15) is 0 Å². The standard InChI is InChI=1S/C43H66ClN5O4S/c1-7-10-35-26-38(44)14-15-39(35)37-28-49(41-25-34(29-50)12-17-42(41)53-30-37)27-36-13-16-40(36)43(52-6,18-8-11-32(2)33(3)54(51)45-4)31-48-22-9-21-47(5)23-19-46-20-24-48/h8,12,14-15,17-18,25-26,29,32-33,36-37,40,45-46H,7,9-11,13,16,19-24,27-28,30-31H2,1-6H3/b18-8+. The number of fused-ring (bicyclic) bond motifs is 1. The lowest BCUT2D eigenvalue weighted by Crippen LogP contribution is -2.57. The largest absolute Gasteiger partial charge is 0.491 e. The van der Waals surface area contributed by atoms with E-state index in [2.05, 4.69) is 76.8 Å². The molecule has 2 fully saturated rings. The van der Waals surface area contributed by atoms with Gasteiger partial charge in [0, 0.05) is 74.7 Å². The summed E-state index contributed by atoms with van der Waals surface area (Å²) in [6, 6.07) is 12.1. The van der Waals surface area contributed by atoms with Crippen molar-refractivity contribution in [3.8, 4) is 5.75 Å². The van der Waals surface area contributed by atoms with E-state index >= 15 is 0 Å². The van der Waals surface area contributed by atoms with Crippen LogP contribution in [0.5, 0.6) is 5.75 Å². The number of nitrogens with one attached hydrogen (secondary N) is 2. The number of halogens is 1. The summed E-state index contributed by atoms with van der Waals surface area (Å²) in [6.07, 6.45) is 11.7. The van der Waals surface area contributed by atoms with Crippen molar-refractivity contribution in [1.82, 2.24) is 19.8 Å². The number of ether oxygens (including phenoxy) is 2. The quantitative estimate of drug-likeness (QED) is 0.146. The minimum Gasteiger partial charge on any atom is -0.491 e. The summed E-state index contributed by atoms with van der Waals surface area (Å²) in [5.74, 6) is 1.90. The van der Waals surface area contributed by atoms with Crippen LogP contribution in [0.25, 0.3) is 0 Å². The smallest absolute Gasteiger partial charge is 0.150 e. The number of nitrogens with zero attached hydrogens (tertiary/aromatic N) is 3. The average molecular weight is 785 g/mol. The van der Waals surface area contributed by atoms with Crippen molar-refractivity contribution in [2.24, 2.45) is 17.8 Å². The molecule has 0 bridgehead atoms. The van der Waals surface area contributed by atoms with Crippen molar-refractivity contribution < 1.29 is 18.5 Å². The number of likely N-dealkylation sites (N-methyl/N-ethyl adjacent to an activating group) is 1. The normalized spacial score (nSPS) is 24.7. The molecule has 300 valence electrons. The highest BCUT2D eigenvalue weighted by Crippen LogP contribution is 2.47. The van der Waals surface area contributed by atoms with E-state index in [-0.39, 0.29) is 17.1 Å². The molecule has 54 heavy (non-hydrogen) atoms. The SMILES string of the molecule is CCCc1cc(Cl)ccc1C1COc2ccc(C=O)cc2N(CC2CCC2C(/C=C/CC(C)C(C)S(=O)NC)(CN2CCCN(C)CCNCC2)OC)C1. The summed E-state index contributed by atoms with van der Waals surface area (Å²) in [4.78, 5) is 19.6. The molecule has 3 aliphatic rings. The lowest BCUT2D eigenvalue weighted by molar-refractivity contribution is -0.0916. The second-order valence-electron chi connectivity index (χ2n) is 16.0. The van der Waals surface area contributed by atoms with Gasteiger partial charge in [-0.3, -0.25) is 9.69 Å². The van der Waals surface area contributed by atoms with Crippen LogP contribution < -0.4 is 19.7 Å². The molecule has 1 aliphatic carbocycles. The second-order valence-corrected chi connectivity index (χ2v) is 18.1. The fourth-order valence-corrected chi connectivity index (χ4v) is 9.79. The van der Waals surface area contributed by atoms with E-state index in [1.165, 1.54) is 11.1 Å². The van der Waals surface area contributed by atoms with Gasteiger partial charge in [0.25, 0.3) is 0 Å². The van der Waals surface area contributed by atoms with Crippen LogP contribution in [-0.4, -0.2) is 118 Å². The van der Waals surface area contributed by atoms with Crippen LogP contribution >= 0.6 is 11.6 Å². The maximum absolute atomic E-state index is 12.6. The lowest BCUT2D eigenvalue weighted by Gasteiger charge is -2.51. The monoisotopic (exact) mass is 783 g/mol. The first-order valence-corrected chi connectivity index (χ1v) is 21.9. The molecule has 0 spiro atoms. The zero-order valence-electron chi connectivity index (χ0n) is 33.7. The highest BCUT2D eigenvalue weighted by atomic mass is 35.5. The highest BCUT2D eigenvalue weighted by Gasteiger charge is 2.48. The van der Waals surface area contributed by atoms with Gasteiger partial charge in [-0.05, 0) is 125 Å². The molecule has 7 atom stereocenters. The Kier molecular flexibility index (Phi) is 16.4. The van der Waals surface area contributed by atoms with E-state index in [0.29, 0.717) is 24.0 Å². The summed E-state index contributed by atoms with van der Waals surface area (Å²) in [5.41, 5.74) is 3.74. The van der Waals surface area contributed by atoms with E-state index in [0.717, 1.165) is 120 Å². The molecule has 7 unspecified atom stereocenters. The number of hydrogen-bond donors (Lipinski definition) is 2. The average Bonchev–Trinajstić information content (AvgIpc) is 3.34. The van der Waals surface area contributed by atoms with Crippen LogP contribution in [0.4, 0.5) is 5.69 Å². The van der Waals surface area contributed by atoms with Crippen molar-refractivity contribution in [1.29, 1.82) is 0 Å². The number of carbonyl (C=O) groups is 1. The fourth-order valence-electron chi connectivity index (χ4n) is 8.69. The van der Waals surface area contributed by atoms with Gasteiger partial charge in [-0.25, -0.2) is 8.93 Å². The third kappa shape index (κ3) is 11.0. The molecule has 1 saturated heterocycles. The van der Waals surface area contributed by atoms with Crippen molar-refractivity contribution >= 4 is 34.6 Å². The van der Waals surface area contributed by atoms with Gasteiger partial charge in [0.1, 0.15) is 17.6 Å². The number of aldehydes is 1. The highest BCUT2D eigenvalue weighted by molar-refractivity contribution is 7.83. The molecular formula is C43H66ClN5O4S. The predicted molar refractivity (Wildman–Crippen MR) is 225 cm³/mol. The van der Waals surface area contributed by atoms with Crippen molar-refractivity contribution in [3.63, 3.8) is 0 Å². The van der Waals surface area contributed by atoms with Crippen LogP contribution in [0.15, 0.2) is 48.6 Å². The number of allylic oxidation sites excluding steroid dienone is 1. The Morgan fingerprint density at radius 1 is 1.13 bits per heavy atom. The topological polar surface area (TPSA) is 86.4 Å². The van der Waals surface area contributed by atoms with Crippen LogP contribution in [0, 0.1) is 17.8 Å². The Morgan fingerprint density at radius 2 is 1.94 bits per heavy atom. The zero-order valence-corrected chi connectivity index (χ0v) is 35.2. The molecule has 0 aromatic heterocycles. The van der Waals surface area contributed by atoms with E-state index in [1.54, 1.807) is 7.05 Å². The Bertz CT molecular complexity index is 1560. The van der Waals surface area contributed by atoms with Crippen LogP contribution in [0.1, 0.15) is 80.3 Å². The van der Waals surface area contributed by atoms with E-state index in [9.17, 15) is 9.00 Å². The second kappa shape index (κ2) is 20.7. The summed E-state index contributed by atoms with van der Waals surface area (Å²) < 4.78 is 28.9. The number of benzene rings is 2. The van der Waals surface area contributed by atoms with Crippen LogP contribution in [0.3, 0.4) is 0 Å². The lowest BCUT2D eigenvalue weighted by atomic mass is 9.63. The first-order chi connectivity index (χ1) is 26.1. The molecule has 1 saturated carbocycles. The predicted octanol–water partition coefficient (Wildman–Crippen LogP) is 6.58. The minimum atomic E-state index is -1.07. The van der Waals surface area contributed by atoms with Gasteiger partial charge in [-0.15, -0.1) is 0 Å². The van der Waals surface area contributed by atoms with Crippen molar-refractivity contribution in [3.05, 3.63) is 70.3 Å². The van der Waals surface area contributed by atoms with Gasteiger partial charge in [0.15, 0.2) is 0 Å². The maximum Gasteiger partial charge on any atom is 0.150 e. The molecule has 9 nitrogen and oxygen atoms in total. The molecule has 5 rings (SSSR count). The number of hydrogen-bond acceptors (Lipinski definition) is 8. The summed E-state index contributed by atoms with van der Waals surface area (Å²) >= 11 is 6.51. The molecule has 0 radical (unpaired) electrons. The molecule has 2 aliphatic heterocycles. The van der Waals surface area contributed by atoms with E-state index in [1.807, 2.05) is 31.4 Å². The van der Waals surface area contributed by atoms with Gasteiger partial charge in [-0.1, -0.05) is 50.1 Å². The number of carbonyl (C=O) groups excluding carboxylic acids is 1. The van der Waals surface area contributed by atoms with Crippen LogP contribution in [0.2, 0.25) is 5.02 Å². The molecule has 11 heteroatoms. The molecular weight excluding hydrogens is 718 g/mol. The summed E-state index contributed by atoms with van der Waals surface area (Å²) in [5, 5.41) is 4.45. The molecule has 0 amide bonds. The summed E-state index contributed by atoms with van der Waals surface area (Å²) in [6.45, 7) is 15.6. The molecule has 2 heterocycles. The minimum absolute atomic E-state index is 0.0335. The maximum atomic E-state index is 12.6. The fraction of sp³-hybridized carbons (Fsp3) is 0.651. The molecule has 2 aromatic rings. The number of methoxy groups -OCH3 is 1. The third-order valence-electron chi connectivity index (χ3n) is 12.3. The van der Waals surface area contributed by atoms with Gasteiger partial charge < -0.3 is 24.6 Å². The Balaban J connectivity index is 1.45. The molecule has 2 aromatic carbocycles. The van der Waals surface area contributed by atoms with Gasteiger partial charge >= 0.3 is 0 Å². The number of anilines is 1. The van der Waals surface area contributed by atoms with Gasteiger partial charge in [0.05, 0.1) is 23.3 Å². The Hall–Kier alpha value is -2.31. The third-order valence-corrected chi connectivity index (χ3v) is 14.1. The summed E-state index contributed by atoms with van der Waals surface area (Å²) in [7, 11) is 4.80. The van der Waals surface area contributed by atoms with Crippen molar-refractivity contribution in [2.45, 2.75) is 76.1 Å². The molecule has 2 N–H and O–H groups in total. The Morgan fingerprint density at radius 3 is 2.67 bits per heavy atom. The van der Waals surface area contributed by atoms with Crippen molar-refractivity contribution in [2.75, 3.05) is 91.6 Å². The zero-order chi connectivity index (χ0) is 38.7. The van der Waals surface area contributed by atoms with Gasteiger partial charge in [0.2, 0.25) is 0 Å². The number of aryl methyl sites for hydroxylation is 1.